The summed E-state index contributed by atoms with van der Waals surface area (Å²) in [6.45, 7) is 0.211. The topological polar surface area (TPSA) is 119 Å². The molecule has 2 aromatic carbocycles. The van der Waals surface area contributed by atoms with E-state index in [0.717, 1.165) is 24.8 Å². The summed E-state index contributed by atoms with van der Waals surface area (Å²) < 4.78 is 4.58. The molecule has 0 spiro atoms. The molecule has 0 radical (unpaired) electrons. The predicted octanol–water partition coefficient (Wildman–Crippen LogP) is 2.01. The largest absolute Gasteiger partial charge is 0.465 e. The molecule has 0 aliphatic rings. The summed E-state index contributed by atoms with van der Waals surface area (Å²) in [7, 11) is 4.22. The summed E-state index contributed by atoms with van der Waals surface area (Å²) in [5, 5.41) is 13.6. The number of benzene rings is 2. The van der Waals surface area contributed by atoms with Crippen molar-refractivity contribution in [3.8, 4) is 0 Å². The van der Waals surface area contributed by atoms with Gasteiger partial charge < -0.3 is 15.0 Å². The molecule has 0 saturated carbocycles. The van der Waals surface area contributed by atoms with Crippen molar-refractivity contribution in [1.29, 1.82) is 0 Å². The van der Waals surface area contributed by atoms with Gasteiger partial charge in [0.15, 0.2) is 0 Å². The van der Waals surface area contributed by atoms with Gasteiger partial charge in [-0.1, -0.05) is 12.1 Å². The van der Waals surface area contributed by atoms with E-state index < -0.39 is 16.8 Å². The number of amides is 2. The Labute approximate surface area is 161 Å². The van der Waals surface area contributed by atoms with E-state index in [2.05, 4.69) is 10.1 Å². The first-order valence-electron chi connectivity index (χ1n) is 8.21. The Balaban J connectivity index is 2.24. The fourth-order valence-corrected chi connectivity index (χ4v) is 2.55. The molecule has 0 atom stereocenters. The molecule has 146 valence electrons. The Kier molecular flexibility index (Phi) is 6.43. The number of hydrogen-bond donors (Lipinski definition) is 1. The molecule has 0 unspecified atom stereocenters. The first kappa shape index (κ1) is 20.6. The summed E-state index contributed by atoms with van der Waals surface area (Å²) in [5.74, 6) is -1.49. The first-order valence-corrected chi connectivity index (χ1v) is 8.21. The third kappa shape index (κ3) is 4.70. The number of nitro groups is 1. The Morgan fingerprint density at radius 2 is 1.68 bits per heavy atom. The maximum Gasteiger partial charge on any atom is 0.338 e. The minimum atomic E-state index is -0.773. The summed E-state index contributed by atoms with van der Waals surface area (Å²) in [4.78, 5) is 47.8. The van der Waals surface area contributed by atoms with Gasteiger partial charge in [-0.2, -0.15) is 0 Å². The molecule has 0 aliphatic heterocycles. The van der Waals surface area contributed by atoms with E-state index in [4.69, 9.17) is 0 Å². The molecule has 9 nitrogen and oxygen atoms in total. The molecule has 2 aromatic rings. The number of esters is 1. The lowest BCUT2D eigenvalue weighted by atomic mass is 10.1. The van der Waals surface area contributed by atoms with E-state index in [1.54, 1.807) is 24.3 Å². The van der Waals surface area contributed by atoms with Crippen LogP contribution in [0.2, 0.25) is 0 Å². The number of ether oxygens (including phenoxy) is 1. The lowest BCUT2D eigenvalue weighted by Gasteiger charge is -2.18. The van der Waals surface area contributed by atoms with Crippen molar-refractivity contribution in [2.45, 2.75) is 6.54 Å². The summed E-state index contributed by atoms with van der Waals surface area (Å²) in [5.41, 5.74) is 0.792. The number of nitro benzene ring substituents is 1. The highest BCUT2D eigenvalue weighted by Gasteiger charge is 2.20. The van der Waals surface area contributed by atoms with Crippen LogP contribution in [0.3, 0.4) is 0 Å². The maximum atomic E-state index is 12.7. The minimum absolute atomic E-state index is 0.000851. The van der Waals surface area contributed by atoms with Gasteiger partial charge in [0.25, 0.3) is 17.5 Å². The van der Waals surface area contributed by atoms with Crippen molar-refractivity contribution < 1.29 is 24.0 Å². The van der Waals surface area contributed by atoms with Crippen LogP contribution in [-0.2, 0) is 11.3 Å². The lowest BCUT2D eigenvalue weighted by Crippen LogP contribution is -2.26. The number of hydrogen-bond acceptors (Lipinski definition) is 6. The molecule has 0 aliphatic carbocycles. The van der Waals surface area contributed by atoms with Crippen molar-refractivity contribution >= 4 is 23.5 Å². The van der Waals surface area contributed by atoms with Gasteiger partial charge in [-0.15, -0.1) is 0 Å². The normalized spacial score (nSPS) is 10.1. The Hall–Kier alpha value is -3.75. The fraction of sp³-hybridized carbons (Fsp3) is 0.211. The molecular formula is C19H19N3O6. The van der Waals surface area contributed by atoms with E-state index in [0.29, 0.717) is 5.56 Å². The number of rotatable bonds is 6. The van der Waals surface area contributed by atoms with E-state index >= 15 is 0 Å². The molecular weight excluding hydrogens is 366 g/mol. The number of methoxy groups -OCH3 is 1. The molecule has 2 amide bonds. The predicted molar refractivity (Wildman–Crippen MR) is 100 cm³/mol. The Bertz CT molecular complexity index is 924. The second-order valence-corrected chi connectivity index (χ2v) is 5.95. The first-order chi connectivity index (χ1) is 13.3. The van der Waals surface area contributed by atoms with Crippen LogP contribution in [0.1, 0.15) is 36.6 Å². The standard InChI is InChI=1S/C19H19N3O6/c1-20-17(23)13-6-4-12(5-7-13)11-21(2)18(24)14-8-15(19(25)28-3)10-16(9-14)22(26)27/h4-10H,11H2,1-3H3,(H,20,23). The second kappa shape index (κ2) is 8.76. The summed E-state index contributed by atoms with van der Waals surface area (Å²) >= 11 is 0. The molecule has 0 saturated heterocycles. The van der Waals surface area contributed by atoms with Crippen LogP contribution >= 0.6 is 0 Å². The third-order valence-electron chi connectivity index (χ3n) is 4.01. The number of non-ortho nitro benzene ring substituents is 1. The van der Waals surface area contributed by atoms with Crippen molar-refractivity contribution in [2.24, 2.45) is 0 Å². The van der Waals surface area contributed by atoms with Gasteiger partial charge in [0, 0.05) is 43.9 Å². The molecule has 2 rings (SSSR count). The summed E-state index contributed by atoms with van der Waals surface area (Å²) in [6, 6.07) is 10.1. The molecule has 0 bridgehead atoms. The molecule has 0 fully saturated rings. The number of carbonyl (C=O) groups excluding carboxylic acids is 3. The van der Waals surface area contributed by atoms with Crippen LogP contribution in [0.25, 0.3) is 0 Å². The highest BCUT2D eigenvalue weighted by atomic mass is 16.6. The molecule has 0 heterocycles. The summed E-state index contributed by atoms with van der Waals surface area (Å²) in [6.07, 6.45) is 0. The van der Waals surface area contributed by atoms with Crippen molar-refractivity contribution in [3.63, 3.8) is 0 Å². The van der Waals surface area contributed by atoms with Crippen LogP contribution < -0.4 is 5.32 Å². The quantitative estimate of drug-likeness (QED) is 0.462. The van der Waals surface area contributed by atoms with Crippen molar-refractivity contribution in [3.05, 3.63) is 74.8 Å². The highest BCUT2D eigenvalue weighted by Crippen LogP contribution is 2.20. The van der Waals surface area contributed by atoms with Gasteiger partial charge >= 0.3 is 5.97 Å². The Morgan fingerprint density at radius 3 is 2.21 bits per heavy atom. The van der Waals surface area contributed by atoms with Crippen LogP contribution in [0, 0.1) is 10.1 Å². The van der Waals surface area contributed by atoms with Gasteiger partial charge in [-0.05, 0) is 23.8 Å². The van der Waals surface area contributed by atoms with Crippen molar-refractivity contribution in [2.75, 3.05) is 21.2 Å². The lowest BCUT2D eigenvalue weighted by molar-refractivity contribution is -0.384. The van der Waals surface area contributed by atoms with Gasteiger partial charge in [0.2, 0.25) is 0 Å². The van der Waals surface area contributed by atoms with Crippen molar-refractivity contribution in [1.82, 2.24) is 10.2 Å². The van der Waals surface area contributed by atoms with E-state index in [1.165, 1.54) is 25.1 Å². The van der Waals surface area contributed by atoms with E-state index in [1.807, 2.05) is 0 Å². The molecule has 0 aromatic heterocycles. The zero-order valence-corrected chi connectivity index (χ0v) is 15.6. The Morgan fingerprint density at radius 1 is 1.07 bits per heavy atom. The maximum absolute atomic E-state index is 12.7. The van der Waals surface area contributed by atoms with Gasteiger partial charge in [0.05, 0.1) is 17.6 Å². The van der Waals surface area contributed by atoms with Crippen LogP contribution in [0.4, 0.5) is 5.69 Å². The van der Waals surface area contributed by atoms with Gasteiger partial charge in [0.1, 0.15) is 0 Å². The number of carbonyl (C=O) groups is 3. The average molecular weight is 385 g/mol. The number of nitrogens with zero attached hydrogens (tertiary/aromatic N) is 2. The van der Waals surface area contributed by atoms with Crippen LogP contribution in [-0.4, -0.2) is 48.8 Å². The van der Waals surface area contributed by atoms with Gasteiger partial charge in [-0.25, -0.2) is 4.79 Å². The zero-order valence-electron chi connectivity index (χ0n) is 15.6. The molecule has 9 heteroatoms. The molecule has 28 heavy (non-hydrogen) atoms. The second-order valence-electron chi connectivity index (χ2n) is 5.95. The third-order valence-corrected chi connectivity index (χ3v) is 4.01. The monoisotopic (exact) mass is 385 g/mol. The molecule has 1 N–H and O–H groups in total. The smallest absolute Gasteiger partial charge is 0.338 e. The SMILES string of the molecule is CNC(=O)c1ccc(CN(C)C(=O)c2cc(C(=O)OC)cc([N+](=O)[O-])c2)cc1. The van der Waals surface area contributed by atoms with Crippen LogP contribution in [0.5, 0.6) is 0 Å². The average Bonchev–Trinajstić information content (AvgIpc) is 2.71. The fourth-order valence-electron chi connectivity index (χ4n) is 2.55. The van der Waals surface area contributed by atoms with Crippen LogP contribution in [0.15, 0.2) is 42.5 Å². The zero-order chi connectivity index (χ0) is 20.8. The minimum Gasteiger partial charge on any atom is -0.465 e. The van der Waals surface area contributed by atoms with E-state index in [9.17, 15) is 24.5 Å². The number of nitrogens with one attached hydrogen (secondary N) is 1. The van der Waals surface area contributed by atoms with E-state index in [-0.39, 0.29) is 29.3 Å². The highest BCUT2D eigenvalue weighted by molar-refractivity contribution is 5.99. The van der Waals surface area contributed by atoms with Gasteiger partial charge in [-0.3, -0.25) is 19.7 Å².